The number of esters is 1. The van der Waals surface area contributed by atoms with Crippen LogP contribution in [0, 0.1) is 0 Å². The van der Waals surface area contributed by atoms with Crippen molar-refractivity contribution in [1.82, 2.24) is 5.32 Å². The largest absolute Gasteiger partial charge is 0.466 e. The van der Waals surface area contributed by atoms with Gasteiger partial charge in [-0.05, 0) is 77.0 Å². The van der Waals surface area contributed by atoms with Crippen molar-refractivity contribution in [3.63, 3.8) is 0 Å². The number of nitrogens with one attached hydrogen (secondary N) is 1. The zero-order chi connectivity index (χ0) is 47.9. The fourth-order valence-electron chi connectivity index (χ4n) is 8.91. The van der Waals surface area contributed by atoms with Crippen molar-refractivity contribution < 1.29 is 24.5 Å². The van der Waals surface area contributed by atoms with Crippen LogP contribution in [0.15, 0.2) is 36.5 Å². The Kier molecular flexibility index (Phi) is 54.1. The summed E-state index contributed by atoms with van der Waals surface area (Å²) in [6, 6.07) is -0.565. The number of hydrogen-bond donors (Lipinski definition) is 3. The highest BCUT2D eigenvalue weighted by Crippen LogP contribution is 2.17. The van der Waals surface area contributed by atoms with Crippen LogP contribution in [0.3, 0.4) is 0 Å². The number of allylic oxidation sites excluding steroid dienone is 6. The summed E-state index contributed by atoms with van der Waals surface area (Å²) in [5.74, 6) is -0.109. The minimum Gasteiger partial charge on any atom is -0.466 e. The summed E-state index contributed by atoms with van der Waals surface area (Å²) in [6.45, 7) is 4.82. The zero-order valence-electron chi connectivity index (χ0n) is 44.2. The van der Waals surface area contributed by atoms with E-state index in [0.29, 0.717) is 25.9 Å². The molecule has 0 aromatic rings. The Morgan fingerprint density at radius 3 is 1.23 bits per heavy atom. The van der Waals surface area contributed by atoms with Crippen molar-refractivity contribution in [2.75, 3.05) is 13.2 Å². The number of aliphatic hydroxyl groups is 2. The Morgan fingerprint density at radius 1 is 0.424 bits per heavy atom. The smallest absolute Gasteiger partial charge is 0.305 e. The molecule has 6 nitrogen and oxygen atoms in total. The summed E-state index contributed by atoms with van der Waals surface area (Å²) in [6.07, 6.45) is 68.6. The van der Waals surface area contributed by atoms with E-state index in [2.05, 4.69) is 55.6 Å². The quantitative estimate of drug-likeness (QED) is 0.0321. The second-order valence-electron chi connectivity index (χ2n) is 20.0. The van der Waals surface area contributed by atoms with Crippen molar-refractivity contribution in [2.45, 2.75) is 321 Å². The number of ether oxygens (including phenoxy) is 1. The average molecular weight is 929 g/mol. The van der Waals surface area contributed by atoms with Crippen molar-refractivity contribution in [3.05, 3.63) is 36.5 Å². The van der Waals surface area contributed by atoms with Crippen molar-refractivity contribution >= 4 is 11.9 Å². The zero-order valence-corrected chi connectivity index (χ0v) is 44.2. The van der Waals surface area contributed by atoms with Crippen LogP contribution in [0.25, 0.3) is 0 Å². The third kappa shape index (κ3) is 51.5. The predicted molar refractivity (Wildman–Crippen MR) is 287 cm³/mol. The first-order valence-corrected chi connectivity index (χ1v) is 29.2. The Bertz CT molecular complexity index is 1070. The molecule has 2 unspecified atom stereocenters. The number of carbonyl (C=O) groups excluding carboxylic acids is 2. The summed E-state index contributed by atoms with van der Waals surface area (Å²) >= 11 is 0. The minimum absolute atomic E-state index is 0.0460. The van der Waals surface area contributed by atoms with Crippen LogP contribution in [-0.2, 0) is 14.3 Å². The maximum atomic E-state index is 12.5. The molecule has 0 aromatic carbocycles. The lowest BCUT2D eigenvalue weighted by molar-refractivity contribution is -0.143. The van der Waals surface area contributed by atoms with Gasteiger partial charge in [0.2, 0.25) is 5.91 Å². The van der Waals surface area contributed by atoms with E-state index in [1.165, 1.54) is 180 Å². The van der Waals surface area contributed by atoms with Gasteiger partial charge in [-0.2, -0.15) is 0 Å². The molecule has 0 saturated carbocycles. The van der Waals surface area contributed by atoms with Crippen LogP contribution in [0.5, 0.6) is 0 Å². The topological polar surface area (TPSA) is 95.9 Å². The fraction of sp³-hybridized carbons (Fsp3) is 0.867. The Balaban J connectivity index is 3.50. The lowest BCUT2D eigenvalue weighted by Crippen LogP contribution is -2.45. The van der Waals surface area contributed by atoms with Crippen molar-refractivity contribution in [2.24, 2.45) is 0 Å². The Hall–Kier alpha value is -1.92. The highest BCUT2D eigenvalue weighted by atomic mass is 16.5. The maximum absolute atomic E-state index is 12.5. The summed E-state index contributed by atoms with van der Waals surface area (Å²) in [5, 5.41) is 23.3. The molecular formula is C60H113NO5. The minimum atomic E-state index is -0.685. The predicted octanol–water partition coefficient (Wildman–Crippen LogP) is 18.0. The molecular weight excluding hydrogens is 815 g/mol. The van der Waals surface area contributed by atoms with Gasteiger partial charge in [0.05, 0.1) is 25.4 Å². The maximum Gasteiger partial charge on any atom is 0.305 e. The molecule has 0 bridgehead atoms. The standard InChI is InChI=1S/C60H113NO5/c1-3-5-7-9-11-13-15-17-18-19-20-21-22-23-24-25-26-27-28-30-32-36-40-44-48-52-58(63)57(56-62)61-59(64)53-49-45-41-37-33-31-35-39-43-47-51-55-66-60(65)54-50-46-42-38-34-29-16-14-12-10-8-6-4-2/h8,10,14,16,35,39,57-58,62-63H,3-7,9,11-13,15,17-34,36-38,40-56H2,1-2H3,(H,61,64)/b10-8-,16-14-,39-35-. The molecule has 0 aliphatic rings. The van der Waals surface area contributed by atoms with Crippen molar-refractivity contribution in [1.29, 1.82) is 0 Å². The van der Waals surface area contributed by atoms with E-state index in [0.717, 1.165) is 96.3 Å². The van der Waals surface area contributed by atoms with Crippen LogP contribution in [0.1, 0.15) is 309 Å². The van der Waals surface area contributed by atoms with Crippen LogP contribution in [-0.4, -0.2) is 47.4 Å². The van der Waals surface area contributed by atoms with Gasteiger partial charge in [0.1, 0.15) is 0 Å². The van der Waals surface area contributed by atoms with Gasteiger partial charge in [0.15, 0.2) is 0 Å². The molecule has 0 radical (unpaired) electrons. The second-order valence-corrected chi connectivity index (χ2v) is 20.0. The van der Waals surface area contributed by atoms with Gasteiger partial charge in [-0.1, -0.05) is 256 Å². The van der Waals surface area contributed by atoms with Crippen LogP contribution in [0.4, 0.5) is 0 Å². The van der Waals surface area contributed by atoms with E-state index in [-0.39, 0.29) is 18.5 Å². The normalized spacial score (nSPS) is 12.8. The van der Waals surface area contributed by atoms with E-state index >= 15 is 0 Å². The Morgan fingerprint density at radius 2 is 0.788 bits per heavy atom. The van der Waals surface area contributed by atoms with Gasteiger partial charge >= 0.3 is 5.97 Å². The molecule has 1 amide bonds. The number of carbonyl (C=O) groups is 2. The van der Waals surface area contributed by atoms with E-state index < -0.39 is 12.1 Å². The van der Waals surface area contributed by atoms with E-state index in [4.69, 9.17) is 4.74 Å². The molecule has 0 aliphatic heterocycles. The summed E-state index contributed by atoms with van der Waals surface area (Å²) < 4.78 is 5.43. The van der Waals surface area contributed by atoms with Crippen LogP contribution in [0.2, 0.25) is 0 Å². The van der Waals surface area contributed by atoms with Crippen molar-refractivity contribution in [3.8, 4) is 0 Å². The SMILES string of the molecule is CCC/C=C\C/C=C\CCCCCCCC(=O)OCCCC/C=C\CCCCCCCC(=O)NC(CO)C(O)CCCCCCCCCCCCCCCCCCCCCCCCCCC. The highest BCUT2D eigenvalue weighted by Gasteiger charge is 2.20. The van der Waals surface area contributed by atoms with E-state index in [9.17, 15) is 19.8 Å². The van der Waals surface area contributed by atoms with Gasteiger partial charge in [-0.15, -0.1) is 0 Å². The van der Waals surface area contributed by atoms with E-state index in [1.54, 1.807) is 0 Å². The Labute approximate surface area is 411 Å². The highest BCUT2D eigenvalue weighted by molar-refractivity contribution is 5.76. The van der Waals surface area contributed by atoms with Crippen LogP contribution < -0.4 is 5.32 Å². The summed E-state index contributed by atoms with van der Waals surface area (Å²) in [5.41, 5.74) is 0. The lowest BCUT2D eigenvalue weighted by atomic mass is 10.0. The first-order chi connectivity index (χ1) is 32.5. The second kappa shape index (κ2) is 55.7. The lowest BCUT2D eigenvalue weighted by Gasteiger charge is -2.22. The van der Waals surface area contributed by atoms with Gasteiger partial charge in [0.25, 0.3) is 0 Å². The molecule has 0 saturated heterocycles. The molecule has 66 heavy (non-hydrogen) atoms. The molecule has 0 fully saturated rings. The first-order valence-electron chi connectivity index (χ1n) is 29.2. The number of amides is 1. The number of unbranched alkanes of at least 4 members (excludes halogenated alkanes) is 37. The number of aliphatic hydroxyl groups excluding tert-OH is 2. The summed E-state index contributed by atoms with van der Waals surface area (Å²) in [4.78, 5) is 24.5. The molecule has 0 rings (SSSR count). The molecule has 0 spiro atoms. The molecule has 0 heterocycles. The molecule has 388 valence electrons. The third-order valence-electron chi connectivity index (χ3n) is 13.4. The molecule has 3 N–H and O–H groups in total. The van der Waals surface area contributed by atoms with Gasteiger partial charge in [-0.3, -0.25) is 9.59 Å². The number of hydrogen-bond acceptors (Lipinski definition) is 5. The van der Waals surface area contributed by atoms with Gasteiger partial charge in [0, 0.05) is 12.8 Å². The molecule has 0 aliphatic carbocycles. The van der Waals surface area contributed by atoms with Gasteiger partial charge < -0.3 is 20.3 Å². The average Bonchev–Trinajstić information content (AvgIpc) is 3.32. The first kappa shape index (κ1) is 64.1. The van der Waals surface area contributed by atoms with E-state index in [1.807, 2.05) is 0 Å². The van der Waals surface area contributed by atoms with Gasteiger partial charge in [-0.25, -0.2) is 0 Å². The monoisotopic (exact) mass is 928 g/mol. The fourth-order valence-corrected chi connectivity index (χ4v) is 8.91. The van der Waals surface area contributed by atoms with Crippen LogP contribution >= 0.6 is 0 Å². The molecule has 6 heteroatoms. The number of rotatable bonds is 54. The third-order valence-corrected chi connectivity index (χ3v) is 13.4. The summed E-state index contributed by atoms with van der Waals surface area (Å²) in [7, 11) is 0. The molecule has 0 aromatic heterocycles. The molecule has 2 atom stereocenters.